The number of nitrogen functional groups attached to an aromatic ring is 1. The van der Waals surface area contributed by atoms with E-state index in [1.807, 2.05) is 84.9 Å². The maximum atomic E-state index is 13.0. The first-order chi connectivity index (χ1) is 39.0. The second-order valence-electron chi connectivity index (χ2n) is 21.1. The molecule has 6 aliphatic heterocycles. The second kappa shape index (κ2) is 29.7. The van der Waals surface area contributed by atoms with E-state index >= 15 is 0 Å². The molecule has 6 N–H and O–H groups in total. The minimum absolute atomic E-state index is 0.000491. The van der Waals surface area contributed by atoms with Gasteiger partial charge in [0.2, 0.25) is 0 Å². The average molecular weight is 1110 g/mol. The third-order valence-electron chi connectivity index (χ3n) is 15.2. The lowest BCUT2D eigenvalue weighted by molar-refractivity contribution is -0.384. The van der Waals surface area contributed by atoms with Crippen molar-refractivity contribution < 1.29 is 72.3 Å². The highest BCUT2D eigenvalue weighted by Gasteiger charge is 2.45. The van der Waals surface area contributed by atoms with Gasteiger partial charge in [-0.05, 0) is 85.8 Å². The first-order valence-corrected chi connectivity index (χ1v) is 27.9. The summed E-state index contributed by atoms with van der Waals surface area (Å²) in [4.78, 5) is 49.3. The van der Waals surface area contributed by atoms with E-state index in [2.05, 4.69) is 10.6 Å². The normalized spacial score (nSPS) is 24.4. The molecule has 2 amide bonds. The highest BCUT2D eigenvalue weighted by molar-refractivity contribution is 5.68. The number of hydrogen-bond acceptors (Lipinski definition) is 19. The number of rotatable bonds is 23. The van der Waals surface area contributed by atoms with Gasteiger partial charge < -0.3 is 64.5 Å². The molecule has 6 aliphatic rings. The number of fused-ring (bicyclic) bond motifs is 2. The van der Waals surface area contributed by atoms with Crippen LogP contribution in [-0.4, -0.2) is 165 Å². The number of hydroxylamine groups is 4. The Hall–Kier alpha value is -5.86. The number of benzene rings is 4. The van der Waals surface area contributed by atoms with Crippen molar-refractivity contribution in [2.75, 3.05) is 71.7 Å². The lowest BCUT2D eigenvalue weighted by Gasteiger charge is -2.33. The summed E-state index contributed by atoms with van der Waals surface area (Å²) in [6.45, 7) is 5.22. The Morgan fingerprint density at radius 2 is 0.988 bits per heavy atom. The Labute approximate surface area is 466 Å². The van der Waals surface area contributed by atoms with E-state index in [9.17, 15) is 29.9 Å². The molecule has 6 saturated heterocycles. The highest BCUT2D eigenvalue weighted by Crippen LogP contribution is 2.34. The van der Waals surface area contributed by atoms with Crippen LogP contribution in [0.3, 0.4) is 0 Å². The van der Waals surface area contributed by atoms with Crippen molar-refractivity contribution >= 4 is 23.6 Å². The molecule has 6 heterocycles. The third-order valence-corrected chi connectivity index (χ3v) is 15.2. The summed E-state index contributed by atoms with van der Waals surface area (Å²) in [6, 6.07) is 31.9. The van der Waals surface area contributed by atoms with Crippen LogP contribution in [0.5, 0.6) is 0 Å². The number of amides is 2. The van der Waals surface area contributed by atoms with Gasteiger partial charge >= 0.3 is 12.2 Å². The van der Waals surface area contributed by atoms with Crippen LogP contribution in [0.25, 0.3) is 0 Å². The van der Waals surface area contributed by atoms with Gasteiger partial charge in [0.15, 0.2) is 12.6 Å². The molecule has 0 aliphatic carbocycles. The van der Waals surface area contributed by atoms with Crippen molar-refractivity contribution in [2.24, 2.45) is 11.8 Å². The molecule has 10 rings (SSSR count). The first kappa shape index (κ1) is 58.8. The van der Waals surface area contributed by atoms with Crippen LogP contribution in [0, 0.1) is 22.0 Å². The number of carbonyl (C=O) groups is 2. The van der Waals surface area contributed by atoms with Gasteiger partial charge in [0, 0.05) is 57.3 Å². The number of alkyl carbamates (subject to hydrolysis) is 2. The SMILES string of the molecule is Nc1ccc(CN(CC(O)C(Cc2ccccc2)NC(=O)OC2COC3OCCC23)OC2CCOCC2)cc1.O=C(NC(Cc1ccccc1)C(O)CN(Cc1ccc([N+](=O)[O-])cc1)OC1CCOCC1)OC1COC2OCCC12. The van der Waals surface area contributed by atoms with Gasteiger partial charge in [0.05, 0.1) is 92.8 Å². The predicted molar refractivity (Wildman–Crippen MR) is 289 cm³/mol. The first-order valence-electron chi connectivity index (χ1n) is 27.9. The largest absolute Gasteiger partial charge is 0.443 e. The second-order valence-corrected chi connectivity index (χ2v) is 21.1. The maximum absolute atomic E-state index is 13.0. The molecule has 0 aromatic heterocycles. The van der Waals surface area contributed by atoms with Gasteiger partial charge in [-0.3, -0.25) is 19.8 Å². The topological polar surface area (TPSA) is 267 Å². The number of aliphatic hydroxyl groups is 2. The van der Waals surface area contributed by atoms with Gasteiger partial charge in [-0.25, -0.2) is 9.59 Å². The predicted octanol–water partition coefficient (Wildman–Crippen LogP) is 5.61. The molecule has 22 nitrogen and oxygen atoms in total. The van der Waals surface area contributed by atoms with E-state index in [-0.39, 0.29) is 74.7 Å². The molecule has 10 atom stereocenters. The summed E-state index contributed by atoms with van der Waals surface area (Å²) in [6.07, 6.45) is 0.645. The Balaban J connectivity index is 0.000000194. The fraction of sp³-hybridized carbons (Fsp3) is 0.552. The Morgan fingerprint density at radius 3 is 1.40 bits per heavy atom. The zero-order valence-corrected chi connectivity index (χ0v) is 45.0. The smallest absolute Gasteiger partial charge is 0.407 e. The molecule has 10 unspecified atom stereocenters. The van der Waals surface area contributed by atoms with Gasteiger partial charge in [0.1, 0.15) is 12.2 Å². The number of nitrogens with one attached hydrogen (secondary N) is 2. The van der Waals surface area contributed by atoms with Crippen molar-refractivity contribution in [1.29, 1.82) is 0 Å². The minimum Gasteiger partial charge on any atom is -0.443 e. The van der Waals surface area contributed by atoms with Gasteiger partial charge in [-0.2, -0.15) is 10.1 Å². The fourth-order valence-corrected chi connectivity index (χ4v) is 10.7. The Morgan fingerprint density at radius 1 is 0.575 bits per heavy atom. The molecule has 4 aromatic rings. The van der Waals surface area contributed by atoms with Gasteiger partial charge in [-0.1, -0.05) is 84.9 Å². The number of nitrogens with zero attached hydrogens (tertiary/aromatic N) is 3. The summed E-state index contributed by atoms with van der Waals surface area (Å²) in [7, 11) is 0. The zero-order chi connectivity index (χ0) is 55.6. The van der Waals surface area contributed by atoms with Crippen LogP contribution < -0.4 is 16.4 Å². The van der Waals surface area contributed by atoms with E-state index < -0.39 is 47.5 Å². The Kier molecular flexibility index (Phi) is 21.8. The van der Waals surface area contributed by atoms with Crippen molar-refractivity contribution in [3.05, 3.63) is 142 Å². The van der Waals surface area contributed by atoms with Crippen molar-refractivity contribution in [2.45, 2.75) is 126 Å². The number of nitrogens with two attached hydrogens (primary N) is 1. The molecule has 80 heavy (non-hydrogen) atoms. The van der Waals surface area contributed by atoms with Crippen LogP contribution in [0.1, 0.15) is 60.8 Å². The monoisotopic (exact) mass is 1110 g/mol. The van der Waals surface area contributed by atoms with E-state index in [0.29, 0.717) is 84.2 Å². The summed E-state index contributed by atoms with van der Waals surface area (Å²) in [5, 5.41) is 43.3. The van der Waals surface area contributed by atoms with Crippen LogP contribution >= 0.6 is 0 Å². The number of nitro benzene ring substituents is 1. The van der Waals surface area contributed by atoms with Crippen LogP contribution in [0.2, 0.25) is 0 Å². The number of non-ortho nitro benzene ring substituents is 1. The average Bonchev–Trinajstić information content (AvgIpc) is 4.30. The third kappa shape index (κ3) is 17.6. The van der Waals surface area contributed by atoms with Crippen molar-refractivity contribution in [1.82, 2.24) is 20.8 Å². The molecule has 0 saturated carbocycles. The Bertz CT molecular complexity index is 2510. The minimum atomic E-state index is -1.02. The molecule has 434 valence electrons. The molecular weight excluding hydrogens is 1040 g/mol. The highest BCUT2D eigenvalue weighted by atomic mass is 16.7. The van der Waals surface area contributed by atoms with Gasteiger partial charge in [-0.15, -0.1) is 0 Å². The quantitative estimate of drug-likeness (QED) is 0.0343. The van der Waals surface area contributed by atoms with E-state index in [1.54, 1.807) is 22.3 Å². The lowest BCUT2D eigenvalue weighted by Crippen LogP contribution is -2.51. The molecular formula is C58H76N6O16. The van der Waals surface area contributed by atoms with Crippen molar-refractivity contribution in [3.63, 3.8) is 0 Å². The van der Waals surface area contributed by atoms with Gasteiger partial charge in [0.25, 0.3) is 5.69 Å². The summed E-state index contributed by atoms with van der Waals surface area (Å²) in [5.74, 6) is 0.0415. The number of anilines is 1. The molecule has 0 spiro atoms. The van der Waals surface area contributed by atoms with E-state index in [1.165, 1.54) is 12.1 Å². The van der Waals surface area contributed by atoms with Crippen LogP contribution in [0.4, 0.5) is 21.0 Å². The fourth-order valence-electron chi connectivity index (χ4n) is 10.7. The number of carbonyl (C=O) groups excluding carboxylic acids is 2. The van der Waals surface area contributed by atoms with Crippen LogP contribution in [-0.2, 0) is 73.5 Å². The molecule has 22 heteroatoms. The number of ether oxygens (including phenoxy) is 8. The standard InChI is InChI=1S/C29H37N3O9.C29H39N3O7/c33-26(18-31(41-23-10-13-37-14-11-23)17-21-6-8-22(9-7-21)32(35)36)25(16-20-4-2-1-3-5-20)30-29(34)40-27-19-39-28-24(27)12-15-38-28;30-22-8-6-21(7-9-22)17-32(39-23-10-13-35-14-11-23)18-26(33)25(16-20-4-2-1-3-5-20)31-29(34)38-27-19-37-28-24(27)12-15-36-28/h1-9,23-28,33H,10-19H2,(H,30,34);1-9,23-28,33H,10-19,30H2,(H,31,34). The summed E-state index contributed by atoms with van der Waals surface area (Å²) < 4.78 is 44.7. The summed E-state index contributed by atoms with van der Waals surface area (Å²) in [5.41, 5.74) is 10.3. The van der Waals surface area contributed by atoms with E-state index in [4.69, 9.17) is 53.3 Å². The summed E-state index contributed by atoms with van der Waals surface area (Å²) >= 11 is 0. The number of hydrogen-bond donors (Lipinski definition) is 5. The molecule has 4 aromatic carbocycles. The number of aliphatic hydroxyl groups excluding tert-OH is 2. The zero-order valence-electron chi connectivity index (χ0n) is 45.0. The van der Waals surface area contributed by atoms with E-state index in [0.717, 1.165) is 47.9 Å². The van der Waals surface area contributed by atoms with Crippen LogP contribution in [0.15, 0.2) is 109 Å². The van der Waals surface area contributed by atoms with Crippen molar-refractivity contribution in [3.8, 4) is 0 Å². The molecule has 6 fully saturated rings. The lowest BCUT2D eigenvalue weighted by atomic mass is 10.0. The molecule has 0 bridgehead atoms. The number of nitro groups is 1. The maximum Gasteiger partial charge on any atom is 0.407 e. The molecule has 0 radical (unpaired) electrons.